The first-order valence-electron chi connectivity index (χ1n) is 7.54. The highest BCUT2D eigenvalue weighted by Crippen LogP contribution is 2.16. The zero-order valence-electron chi connectivity index (χ0n) is 13.4. The van der Waals surface area contributed by atoms with Crippen LogP contribution in [0.5, 0.6) is 5.75 Å². The van der Waals surface area contributed by atoms with Gasteiger partial charge >= 0.3 is 0 Å². The van der Waals surface area contributed by atoms with Gasteiger partial charge in [0.05, 0.1) is 6.61 Å². The molecule has 6 nitrogen and oxygen atoms in total. The van der Waals surface area contributed by atoms with Gasteiger partial charge in [0.25, 0.3) is 11.8 Å². The zero-order valence-corrected chi connectivity index (χ0v) is 13.4. The van der Waals surface area contributed by atoms with Gasteiger partial charge in [0.2, 0.25) is 0 Å². The van der Waals surface area contributed by atoms with Gasteiger partial charge in [0, 0.05) is 12.2 Å². The average molecular weight is 325 g/mol. The van der Waals surface area contributed by atoms with E-state index in [0.29, 0.717) is 18.8 Å². The van der Waals surface area contributed by atoms with Crippen molar-refractivity contribution in [2.24, 2.45) is 0 Å². The third-order valence-electron chi connectivity index (χ3n) is 3.04. The largest absolute Gasteiger partial charge is 0.494 e. The van der Waals surface area contributed by atoms with Crippen LogP contribution in [-0.2, 0) is 0 Å². The third kappa shape index (κ3) is 4.67. The van der Waals surface area contributed by atoms with E-state index in [1.54, 1.807) is 48.5 Å². The minimum atomic E-state index is -0.391. The lowest BCUT2D eigenvalue weighted by atomic mass is 10.2. The molecule has 24 heavy (non-hydrogen) atoms. The molecule has 2 amide bonds. The first-order valence-corrected chi connectivity index (χ1v) is 7.54. The van der Waals surface area contributed by atoms with Crippen LogP contribution in [0.1, 0.15) is 27.9 Å². The van der Waals surface area contributed by atoms with Crippen LogP contribution in [-0.4, -0.2) is 29.9 Å². The minimum absolute atomic E-state index is 0.162. The SMILES string of the molecule is C=CCNC(=O)c1cccc(C(=O)Nc2ccc(OCC)cc2)n1. The Balaban J connectivity index is 2.06. The first kappa shape index (κ1) is 17.2. The number of carbonyl (C=O) groups excluding carboxylic acids is 2. The summed E-state index contributed by atoms with van der Waals surface area (Å²) in [4.78, 5) is 28.2. The van der Waals surface area contributed by atoms with Crippen molar-refractivity contribution in [3.05, 3.63) is 66.5 Å². The second kappa shape index (κ2) is 8.47. The van der Waals surface area contributed by atoms with Crippen LogP contribution in [0.3, 0.4) is 0 Å². The van der Waals surface area contributed by atoms with Crippen molar-refractivity contribution in [2.75, 3.05) is 18.5 Å². The molecule has 0 radical (unpaired) electrons. The number of carbonyl (C=O) groups is 2. The Hall–Kier alpha value is -3.15. The van der Waals surface area contributed by atoms with Crippen LogP contribution >= 0.6 is 0 Å². The number of nitrogens with one attached hydrogen (secondary N) is 2. The molecule has 6 heteroatoms. The van der Waals surface area contributed by atoms with Gasteiger partial charge in [-0.1, -0.05) is 12.1 Å². The predicted octanol–water partition coefficient (Wildman–Crippen LogP) is 2.65. The fourth-order valence-electron chi connectivity index (χ4n) is 1.94. The maximum atomic E-state index is 12.3. The van der Waals surface area contributed by atoms with Gasteiger partial charge in [-0.3, -0.25) is 9.59 Å². The molecule has 0 fully saturated rings. The number of hydrogen-bond donors (Lipinski definition) is 2. The molecule has 0 aliphatic carbocycles. The molecule has 0 aliphatic heterocycles. The summed E-state index contributed by atoms with van der Waals surface area (Å²) in [5.41, 5.74) is 0.957. The second-order valence-electron chi connectivity index (χ2n) is 4.82. The fraction of sp³-hybridized carbons (Fsp3) is 0.167. The van der Waals surface area contributed by atoms with E-state index < -0.39 is 5.91 Å². The number of hydrogen-bond acceptors (Lipinski definition) is 4. The molecule has 124 valence electrons. The monoisotopic (exact) mass is 325 g/mol. The van der Waals surface area contributed by atoms with Crippen LogP contribution in [0, 0.1) is 0 Å². The number of nitrogens with zero attached hydrogens (tertiary/aromatic N) is 1. The standard InChI is InChI=1S/C18H19N3O3/c1-3-12-19-17(22)15-6-5-7-16(21-15)18(23)20-13-8-10-14(11-9-13)24-4-2/h3,5-11H,1,4,12H2,2H3,(H,19,22)(H,20,23). The summed E-state index contributed by atoms with van der Waals surface area (Å²) in [7, 11) is 0. The lowest BCUT2D eigenvalue weighted by molar-refractivity contribution is 0.0953. The van der Waals surface area contributed by atoms with Gasteiger partial charge in [0.1, 0.15) is 17.1 Å². The zero-order chi connectivity index (χ0) is 17.4. The Morgan fingerprint density at radius 2 is 1.79 bits per heavy atom. The van der Waals surface area contributed by atoms with Crippen molar-refractivity contribution < 1.29 is 14.3 Å². The van der Waals surface area contributed by atoms with Crippen LogP contribution in [0.15, 0.2) is 55.1 Å². The number of ether oxygens (including phenoxy) is 1. The Labute approximate surface area is 140 Å². The number of aromatic nitrogens is 1. The molecule has 2 N–H and O–H groups in total. The quantitative estimate of drug-likeness (QED) is 0.767. The first-order chi connectivity index (χ1) is 11.6. The number of rotatable bonds is 7. The molecule has 2 aromatic rings. The van der Waals surface area contributed by atoms with Crippen LogP contribution in [0.2, 0.25) is 0 Å². The third-order valence-corrected chi connectivity index (χ3v) is 3.04. The van der Waals surface area contributed by atoms with Gasteiger partial charge in [-0.2, -0.15) is 0 Å². The Morgan fingerprint density at radius 1 is 1.12 bits per heavy atom. The molecule has 1 aromatic heterocycles. The molecule has 0 aliphatic rings. The summed E-state index contributed by atoms with van der Waals surface area (Å²) in [6.07, 6.45) is 1.57. The van der Waals surface area contributed by atoms with E-state index >= 15 is 0 Å². The molecule has 1 aromatic carbocycles. The molecule has 0 bridgehead atoms. The maximum Gasteiger partial charge on any atom is 0.274 e. The van der Waals surface area contributed by atoms with E-state index in [4.69, 9.17) is 4.74 Å². The van der Waals surface area contributed by atoms with Crippen molar-refractivity contribution >= 4 is 17.5 Å². The van der Waals surface area contributed by atoms with Gasteiger partial charge in [-0.25, -0.2) is 4.98 Å². The van der Waals surface area contributed by atoms with Crippen LogP contribution in [0.4, 0.5) is 5.69 Å². The summed E-state index contributed by atoms with van der Waals surface area (Å²) in [6.45, 7) is 6.35. The predicted molar refractivity (Wildman–Crippen MR) is 92.3 cm³/mol. The fourth-order valence-corrected chi connectivity index (χ4v) is 1.94. The summed E-state index contributed by atoms with van der Waals surface area (Å²) >= 11 is 0. The van der Waals surface area contributed by atoms with Crippen LogP contribution in [0.25, 0.3) is 0 Å². The Morgan fingerprint density at radius 3 is 2.42 bits per heavy atom. The maximum absolute atomic E-state index is 12.3. The number of amides is 2. The van der Waals surface area contributed by atoms with Crippen LogP contribution < -0.4 is 15.4 Å². The van der Waals surface area contributed by atoms with E-state index in [2.05, 4.69) is 22.2 Å². The molecule has 0 spiro atoms. The molecule has 1 heterocycles. The van der Waals surface area contributed by atoms with Gasteiger partial charge in [-0.15, -0.1) is 6.58 Å². The topological polar surface area (TPSA) is 80.3 Å². The summed E-state index contributed by atoms with van der Waals surface area (Å²) in [5, 5.41) is 5.35. The smallest absolute Gasteiger partial charge is 0.274 e. The van der Waals surface area contributed by atoms with Crippen molar-refractivity contribution in [1.29, 1.82) is 0 Å². The molecule has 2 rings (SSSR count). The number of benzene rings is 1. The van der Waals surface area contributed by atoms with E-state index in [-0.39, 0.29) is 17.3 Å². The highest BCUT2D eigenvalue weighted by molar-refractivity contribution is 6.03. The molecule has 0 unspecified atom stereocenters. The summed E-state index contributed by atoms with van der Waals surface area (Å²) in [6, 6.07) is 11.7. The Kier molecular flexibility index (Phi) is 6.08. The summed E-state index contributed by atoms with van der Waals surface area (Å²) in [5.74, 6) is -0.0161. The van der Waals surface area contributed by atoms with E-state index in [1.165, 1.54) is 0 Å². The lowest BCUT2D eigenvalue weighted by Crippen LogP contribution is -2.25. The number of pyridine rings is 1. The highest BCUT2D eigenvalue weighted by Gasteiger charge is 2.12. The van der Waals surface area contributed by atoms with Crippen molar-refractivity contribution in [1.82, 2.24) is 10.3 Å². The van der Waals surface area contributed by atoms with Gasteiger partial charge < -0.3 is 15.4 Å². The lowest BCUT2D eigenvalue weighted by Gasteiger charge is -2.08. The minimum Gasteiger partial charge on any atom is -0.494 e. The molecule has 0 atom stereocenters. The molecule has 0 saturated heterocycles. The second-order valence-corrected chi connectivity index (χ2v) is 4.82. The van der Waals surface area contributed by atoms with Gasteiger partial charge in [0.15, 0.2) is 0 Å². The van der Waals surface area contributed by atoms with Gasteiger partial charge in [-0.05, 0) is 43.3 Å². The van der Waals surface area contributed by atoms with Crippen molar-refractivity contribution in [2.45, 2.75) is 6.92 Å². The molecule has 0 saturated carbocycles. The normalized spacial score (nSPS) is 9.88. The Bertz CT molecular complexity index is 727. The number of anilines is 1. The van der Waals surface area contributed by atoms with E-state index in [0.717, 1.165) is 5.75 Å². The summed E-state index contributed by atoms with van der Waals surface area (Å²) < 4.78 is 5.35. The molecular weight excluding hydrogens is 306 g/mol. The van der Waals surface area contributed by atoms with Crippen molar-refractivity contribution in [3.8, 4) is 5.75 Å². The average Bonchev–Trinajstić information content (AvgIpc) is 2.61. The van der Waals surface area contributed by atoms with Crippen molar-refractivity contribution in [3.63, 3.8) is 0 Å². The highest BCUT2D eigenvalue weighted by atomic mass is 16.5. The van der Waals surface area contributed by atoms with E-state index in [9.17, 15) is 9.59 Å². The van der Waals surface area contributed by atoms with E-state index in [1.807, 2.05) is 6.92 Å². The molecular formula is C18H19N3O3.